The van der Waals surface area contributed by atoms with E-state index in [2.05, 4.69) is 24.5 Å². The van der Waals surface area contributed by atoms with Crippen LogP contribution < -0.4 is 0 Å². The molecule has 1 aromatic carbocycles. The molecule has 1 heterocycles. The number of carbonyl (C=O) groups is 1. The maximum atomic E-state index is 11.4. The van der Waals surface area contributed by atoms with Crippen molar-refractivity contribution in [2.75, 3.05) is 0 Å². The molecule has 0 fully saturated rings. The zero-order valence-electron chi connectivity index (χ0n) is 9.32. The summed E-state index contributed by atoms with van der Waals surface area (Å²) in [5, 5.41) is 1.05. The van der Waals surface area contributed by atoms with Crippen molar-refractivity contribution in [3.8, 4) is 0 Å². The lowest BCUT2D eigenvalue weighted by Crippen LogP contribution is -1.99. The summed E-state index contributed by atoms with van der Waals surface area (Å²) in [6, 6.07) is 8.32. The summed E-state index contributed by atoms with van der Waals surface area (Å²) in [6.45, 7) is 5.89. The van der Waals surface area contributed by atoms with Crippen LogP contribution in [0.3, 0.4) is 0 Å². The second kappa shape index (κ2) is 3.54. The first kappa shape index (κ1) is 9.97. The molecular formula is C13H15NO. The van der Waals surface area contributed by atoms with Gasteiger partial charge in [0, 0.05) is 28.7 Å². The molecule has 2 rings (SSSR count). The van der Waals surface area contributed by atoms with Crippen molar-refractivity contribution in [3.63, 3.8) is 0 Å². The molecule has 0 radical (unpaired) electrons. The van der Waals surface area contributed by atoms with Gasteiger partial charge >= 0.3 is 0 Å². The third-order valence-corrected chi connectivity index (χ3v) is 2.70. The minimum Gasteiger partial charge on any atom is -0.345 e. The van der Waals surface area contributed by atoms with Crippen molar-refractivity contribution in [1.82, 2.24) is 4.57 Å². The van der Waals surface area contributed by atoms with Gasteiger partial charge < -0.3 is 4.57 Å². The van der Waals surface area contributed by atoms with Crippen molar-refractivity contribution in [3.05, 3.63) is 36.0 Å². The number of hydrogen-bond donors (Lipinski definition) is 0. The normalized spacial score (nSPS) is 11.2. The molecule has 15 heavy (non-hydrogen) atoms. The van der Waals surface area contributed by atoms with Crippen molar-refractivity contribution < 1.29 is 4.79 Å². The monoisotopic (exact) mass is 201 g/mol. The van der Waals surface area contributed by atoms with Crippen molar-refractivity contribution in [1.29, 1.82) is 0 Å². The van der Waals surface area contributed by atoms with E-state index in [0.29, 0.717) is 6.04 Å². The van der Waals surface area contributed by atoms with Crippen molar-refractivity contribution in [2.45, 2.75) is 26.8 Å². The first-order valence-corrected chi connectivity index (χ1v) is 5.21. The molecule has 0 atom stereocenters. The van der Waals surface area contributed by atoms with Gasteiger partial charge in [0.2, 0.25) is 0 Å². The number of nitrogens with zero attached hydrogens (tertiary/aromatic N) is 1. The Hall–Kier alpha value is -1.57. The summed E-state index contributed by atoms with van der Waals surface area (Å²) in [4.78, 5) is 11.4. The summed E-state index contributed by atoms with van der Waals surface area (Å²) in [6.07, 6.45) is 2.04. The molecule has 0 aliphatic carbocycles. The van der Waals surface area contributed by atoms with E-state index < -0.39 is 0 Å². The van der Waals surface area contributed by atoms with E-state index in [1.165, 1.54) is 0 Å². The van der Waals surface area contributed by atoms with Crippen LogP contribution in [0.25, 0.3) is 10.9 Å². The Morgan fingerprint density at radius 2 is 2.00 bits per heavy atom. The Labute approximate surface area is 89.5 Å². The van der Waals surface area contributed by atoms with Gasteiger partial charge in [0.05, 0.1) is 0 Å². The summed E-state index contributed by atoms with van der Waals surface area (Å²) in [5.41, 5.74) is 1.95. The molecule has 2 aromatic rings. The highest BCUT2D eigenvalue weighted by Gasteiger charge is 2.09. The summed E-state index contributed by atoms with van der Waals surface area (Å²) in [5.74, 6) is 0.127. The molecule has 0 saturated heterocycles. The number of Topliss-reactive ketones (excluding diaryl/α,β-unsaturated/α-hetero) is 1. The van der Waals surface area contributed by atoms with Gasteiger partial charge in [-0.15, -0.1) is 0 Å². The molecule has 2 nitrogen and oxygen atoms in total. The second-order valence-corrected chi connectivity index (χ2v) is 4.11. The fraction of sp³-hybridized carbons (Fsp3) is 0.308. The van der Waals surface area contributed by atoms with Crippen LogP contribution in [0.4, 0.5) is 0 Å². The van der Waals surface area contributed by atoms with Crippen LogP contribution in [0.5, 0.6) is 0 Å². The van der Waals surface area contributed by atoms with Crippen molar-refractivity contribution >= 4 is 16.7 Å². The predicted molar refractivity (Wildman–Crippen MR) is 62.3 cm³/mol. The highest BCUT2D eigenvalue weighted by atomic mass is 16.1. The minimum atomic E-state index is 0.127. The molecule has 0 bridgehead atoms. The number of fused-ring (bicyclic) bond motifs is 1. The molecule has 0 saturated carbocycles. The molecule has 0 N–H and O–H groups in total. The van der Waals surface area contributed by atoms with Crippen LogP contribution >= 0.6 is 0 Å². The Kier molecular flexibility index (Phi) is 2.35. The fourth-order valence-corrected chi connectivity index (χ4v) is 1.95. The number of benzene rings is 1. The fourth-order valence-electron chi connectivity index (χ4n) is 1.95. The van der Waals surface area contributed by atoms with Crippen LogP contribution in [0.15, 0.2) is 30.5 Å². The SMILES string of the molecule is CC(=O)c1cccc2c1ccn2C(C)C. The third kappa shape index (κ3) is 1.56. The van der Waals surface area contributed by atoms with Gasteiger partial charge in [0.25, 0.3) is 0 Å². The van der Waals surface area contributed by atoms with Gasteiger partial charge in [-0.3, -0.25) is 4.79 Å². The highest BCUT2D eigenvalue weighted by molar-refractivity contribution is 6.06. The lowest BCUT2D eigenvalue weighted by molar-refractivity contribution is 0.101. The Morgan fingerprint density at radius 1 is 1.27 bits per heavy atom. The molecular weight excluding hydrogens is 186 g/mol. The number of hydrogen-bond acceptors (Lipinski definition) is 1. The van der Waals surface area contributed by atoms with Crippen LogP contribution in [0.1, 0.15) is 37.2 Å². The first-order valence-electron chi connectivity index (χ1n) is 5.21. The Bertz CT molecular complexity index is 508. The largest absolute Gasteiger partial charge is 0.345 e. The number of aromatic nitrogens is 1. The molecule has 0 amide bonds. The molecule has 2 heteroatoms. The number of ketones is 1. The van der Waals surface area contributed by atoms with Gasteiger partial charge in [-0.1, -0.05) is 12.1 Å². The molecule has 0 aliphatic heterocycles. The van der Waals surface area contributed by atoms with E-state index in [9.17, 15) is 4.79 Å². The van der Waals surface area contributed by atoms with Crippen molar-refractivity contribution in [2.24, 2.45) is 0 Å². The summed E-state index contributed by atoms with van der Waals surface area (Å²) < 4.78 is 2.18. The van der Waals surface area contributed by atoms with Crippen LogP contribution in [-0.2, 0) is 0 Å². The van der Waals surface area contributed by atoms with E-state index in [-0.39, 0.29) is 5.78 Å². The summed E-state index contributed by atoms with van der Waals surface area (Å²) in [7, 11) is 0. The second-order valence-electron chi connectivity index (χ2n) is 4.11. The smallest absolute Gasteiger partial charge is 0.160 e. The zero-order chi connectivity index (χ0) is 11.0. The van der Waals surface area contributed by atoms with Crippen LogP contribution in [-0.4, -0.2) is 10.4 Å². The molecule has 1 aromatic heterocycles. The quantitative estimate of drug-likeness (QED) is 0.682. The lowest BCUT2D eigenvalue weighted by atomic mass is 10.1. The number of rotatable bonds is 2. The average Bonchev–Trinajstić information content (AvgIpc) is 2.59. The van der Waals surface area contributed by atoms with E-state index in [1.807, 2.05) is 24.4 Å². The zero-order valence-corrected chi connectivity index (χ0v) is 9.32. The minimum absolute atomic E-state index is 0.127. The third-order valence-electron chi connectivity index (χ3n) is 2.70. The van der Waals surface area contributed by atoms with Gasteiger partial charge in [-0.2, -0.15) is 0 Å². The molecule has 0 aliphatic rings. The van der Waals surface area contributed by atoms with E-state index in [1.54, 1.807) is 6.92 Å². The average molecular weight is 201 g/mol. The van der Waals surface area contributed by atoms with Gasteiger partial charge in [-0.05, 0) is 32.9 Å². The van der Waals surface area contributed by atoms with Gasteiger partial charge in [0.15, 0.2) is 5.78 Å². The van der Waals surface area contributed by atoms with Crippen LogP contribution in [0.2, 0.25) is 0 Å². The first-order chi connectivity index (χ1) is 7.11. The highest BCUT2D eigenvalue weighted by Crippen LogP contribution is 2.23. The van der Waals surface area contributed by atoms with E-state index in [4.69, 9.17) is 0 Å². The molecule has 0 spiro atoms. The standard InChI is InChI=1S/C13H15NO/c1-9(2)14-8-7-12-11(10(3)15)5-4-6-13(12)14/h4-9H,1-3H3. The van der Waals surface area contributed by atoms with E-state index >= 15 is 0 Å². The summed E-state index contributed by atoms with van der Waals surface area (Å²) >= 11 is 0. The van der Waals surface area contributed by atoms with Crippen LogP contribution in [0, 0.1) is 0 Å². The molecule has 0 unspecified atom stereocenters. The molecule has 78 valence electrons. The number of carbonyl (C=O) groups excluding carboxylic acids is 1. The van der Waals surface area contributed by atoms with Gasteiger partial charge in [-0.25, -0.2) is 0 Å². The Morgan fingerprint density at radius 3 is 2.60 bits per heavy atom. The maximum Gasteiger partial charge on any atom is 0.160 e. The Balaban J connectivity index is 2.74. The topological polar surface area (TPSA) is 22.0 Å². The van der Waals surface area contributed by atoms with E-state index in [0.717, 1.165) is 16.5 Å². The maximum absolute atomic E-state index is 11.4. The van der Waals surface area contributed by atoms with Gasteiger partial charge in [0.1, 0.15) is 0 Å². The predicted octanol–water partition coefficient (Wildman–Crippen LogP) is 3.42. The lowest BCUT2D eigenvalue weighted by Gasteiger charge is -2.09.